The van der Waals surface area contributed by atoms with Gasteiger partial charge >= 0.3 is 6.03 Å². The van der Waals surface area contributed by atoms with Gasteiger partial charge in [-0.15, -0.1) is 11.3 Å². The number of rotatable bonds is 5. The first-order valence-corrected chi connectivity index (χ1v) is 8.51. The molecule has 2 N–H and O–H groups in total. The van der Waals surface area contributed by atoms with Gasteiger partial charge in [0.1, 0.15) is 0 Å². The average Bonchev–Trinajstić information content (AvgIpc) is 2.78. The molecule has 0 spiro atoms. The second kappa shape index (κ2) is 7.75. The van der Waals surface area contributed by atoms with E-state index in [1.807, 2.05) is 11.8 Å². The van der Waals surface area contributed by atoms with Crippen molar-refractivity contribution in [2.45, 2.75) is 52.0 Å². The predicted octanol–water partition coefficient (Wildman–Crippen LogP) is 2.25. The molecule has 2 rings (SSSR count). The molecule has 0 aliphatic carbocycles. The monoisotopic (exact) mass is 311 g/mol. The molecule has 21 heavy (non-hydrogen) atoms. The molecule has 1 atom stereocenters. The van der Waals surface area contributed by atoms with E-state index in [2.05, 4.69) is 17.2 Å². The summed E-state index contributed by atoms with van der Waals surface area (Å²) < 4.78 is 0. The van der Waals surface area contributed by atoms with Gasteiger partial charge in [0.25, 0.3) is 0 Å². The van der Waals surface area contributed by atoms with Crippen LogP contribution in [0, 0.1) is 13.8 Å². The van der Waals surface area contributed by atoms with Crippen LogP contribution in [-0.2, 0) is 6.42 Å². The second-order valence-corrected chi connectivity index (χ2v) is 6.87. The van der Waals surface area contributed by atoms with E-state index in [4.69, 9.17) is 5.11 Å². The van der Waals surface area contributed by atoms with E-state index in [-0.39, 0.29) is 18.7 Å². The SMILES string of the molecule is Cc1nc(CCNC(=O)N2CCCCC2CCO)sc1C. The topological polar surface area (TPSA) is 65.5 Å². The summed E-state index contributed by atoms with van der Waals surface area (Å²) in [5, 5.41) is 13.2. The number of amides is 2. The van der Waals surface area contributed by atoms with E-state index in [0.717, 1.165) is 42.9 Å². The normalized spacial score (nSPS) is 18.8. The summed E-state index contributed by atoms with van der Waals surface area (Å²) in [5.74, 6) is 0. The summed E-state index contributed by atoms with van der Waals surface area (Å²) in [6.07, 6.45) is 4.66. The van der Waals surface area contributed by atoms with Crippen molar-refractivity contribution in [2.75, 3.05) is 19.7 Å². The Morgan fingerprint density at radius 3 is 2.95 bits per heavy atom. The van der Waals surface area contributed by atoms with Gasteiger partial charge < -0.3 is 15.3 Å². The van der Waals surface area contributed by atoms with Crippen molar-refractivity contribution in [3.05, 3.63) is 15.6 Å². The third-order valence-corrected chi connectivity index (χ3v) is 5.17. The molecule has 1 fully saturated rings. The molecule has 0 aromatic carbocycles. The lowest BCUT2D eigenvalue weighted by Crippen LogP contribution is -2.49. The zero-order valence-corrected chi connectivity index (χ0v) is 13.7. The number of nitrogens with one attached hydrogen (secondary N) is 1. The van der Waals surface area contributed by atoms with Crippen LogP contribution >= 0.6 is 11.3 Å². The average molecular weight is 311 g/mol. The lowest BCUT2D eigenvalue weighted by atomic mass is 10.0. The largest absolute Gasteiger partial charge is 0.396 e. The molecule has 1 aliphatic heterocycles. The molecule has 1 unspecified atom stereocenters. The van der Waals surface area contributed by atoms with Crippen molar-refractivity contribution < 1.29 is 9.90 Å². The Kier molecular flexibility index (Phi) is 5.99. The van der Waals surface area contributed by atoms with Crippen molar-refractivity contribution in [1.29, 1.82) is 0 Å². The van der Waals surface area contributed by atoms with Crippen LogP contribution in [0.15, 0.2) is 0 Å². The summed E-state index contributed by atoms with van der Waals surface area (Å²) in [6, 6.07) is 0.186. The predicted molar refractivity (Wildman–Crippen MR) is 84.7 cm³/mol. The maximum Gasteiger partial charge on any atom is 0.317 e. The summed E-state index contributed by atoms with van der Waals surface area (Å²) >= 11 is 1.70. The number of nitrogens with zero attached hydrogens (tertiary/aromatic N) is 2. The zero-order chi connectivity index (χ0) is 15.2. The van der Waals surface area contributed by atoms with E-state index in [1.54, 1.807) is 11.3 Å². The van der Waals surface area contributed by atoms with Crippen molar-refractivity contribution in [1.82, 2.24) is 15.2 Å². The molecule has 5 nitrogen and oxygen atoms in total. The maximum atomic E-state index is 12.3. The molecule has 1 aromatic rings. The minimum atomic E-state index is -0.00171. The standard InChI is InChI=1S/C15H25N3O2S/c1-11-12(2)21-14(17-11)6-8-16-15(20)18-9-4-3-5-13(18)7-10-19/h13,19H,3-10H2,1-2H3,(H,16,20). The Morgan fingerprint density at radius 1 is 1.48 bits per heavy atom. The van der Waals surface area contributed by atoms with Crippen molar-refractivity contribution in [3.8, 4) is 0 Å². The highest BCUT2D eigenvalue weighted by atomic mass is 32.1. The quantitative estimate of drug-likeness (QED) is 0.876. The van der Waals surface area contributed by atoms with Crippen molar-refractivity contribution in [2.24, 2.45) is 0 Å². The summed E-state index contributed by atoms with van der Waals surface area (Å²) in [7, 11) is 0. The van der Waals surface area contributed by atoms with Gasteiger partial charge in [-0.05, 0) is 39.5 Å². The van der Waals surface area contributed by atoms with Crippen LogP contribution in [0.5, 0.6) is 0 Å². The second-order valence-electron chi connectivity index (χ2n) is 5.59. The minimum Gasteiger partial charge on any atom is -0.396 e. The van der Waals surface area contributed by atoms with Crippen molar-refractivity contribution >= 4 is 17.4 Å². The Balaban J connectivity index is 1.80. The highest BCUT2D eigenvalue weighted by molar-refractivity contribution is 7.11. The third-order valence-electron chi connectivity index (χ3n) is 4.04. The van der Waals surface area contributed by atoms with Gasteiger partial charge in [0.15, 0.2) is 0 Å². The lowest BCUT2D eigenvalue weighted by Gasteiger charge is -2.35. The Hall–Kier alpha value is -1.14. The molecule has 6 heteroatoms. The number of carbonyl (C=O) groups is 1. The molecular formula is C15H25N3O2S. The number of aromatic nitrogens is 1. The van der Waals surface area contributed by atoms with E-state index < -0.39 is 0 Å². The number of likely N-dealkylation sites (tertiary alicyclic amines) is 1. The molecule has 1 aromatic heterocycles. The van der Waals surface area contributed by atoms with Crippen LogP contribution in [0.1, 0.15) is 41.3 Å². The van der Waals surface area contributed by atoms with Gasteiger partial charge in [0.05, 0.1) is 10.7 Å². The van der Waals surface area contributed by atoms with Gasteiger partial charge in [-0.1, -0.05) is 0 Å². The number of piperidine rings is 1. The zero-order valence-electron chi connectivity index (χ0n) is 12.9. The van der Waals surface area contributed by atoms with Gasteiger partial charge in [-0.2, -0.15) is 0 Å². The van der Waals surface area contributed by atoms with Crippen LogP contribution in [0.3, 0.4) is 0 Å². The van der Waals surface area contributed by atoms with E-state index in [9.17, 15) is 4.79 Å². The Morgan fingerprint density at radius 2 is 2.29 bits per heavy atom. The molecule has 0 bridgehead atoms. The number of aliphatic hydroxyl groups is 1. The molecule has 0 saturated carbocycles. The molecule has 0 radical (unpaired) electrons. The van der Waals surface area contributed by atoms with Gasteiger partial charge in [0.2, 0.25) is 0 Å². The fraction of sp³-hybridized carbons (Fsp3) is 0.733. The fourth-order valence-electron chi connectivity index (χ4n) is 2.74. The van der Waals surface area contributed by atoms with Crippen LogP contribution in [0.4, 0.5) is 4.79 Å². The summed E-state index contributed by atoms with van der Waals surface area (Å²) in [6.45, 7) is 5.65. The van der Waals surface area contributed by atoms with E-state index in [1.165, 1.54) is 4.88 Å². The van der Waals surface area contributed by atoms with Crippen LogP contribution < -0.4 is 5.32 Å². The molecular weight excluding hydrogens is 286 g/mol. The van der Waals surface area contributed by atoms with E-state index in [0.29, 0.717) is 13.0 Å². The van der Waals surface area contributed by atoms with Crippen LogP contribution in [0.2, 0.25) is 0 Å². The number of carbonyl (C=O) groups excluding carboxylic acids is 1. The number of urea groups is 1. The number of hydrogen-bond donors (Lipinski definition) is 2. The molecule has 2 amide bonds. The maximum absolute atomic E-state index is 12.3. The Bertz CT molecular complexity index is 454. The highest BCUT2D eigenvalue weighted by Gasteiger charge is 2.25. The minimum absolute atomic E-state index is 0.00171. The van der Waals surface area contributed by atoms with Crippen LogP contribution in [-0.4, -0.2) is 46.8 Å². The summed E-state index contributed by atoms with van der Waals surface area (Å²) in [5.41, 5.74) is 1.08. The van der Waals surface area contributed by atoms with Crippen molar-refractivity contribution in [3.63, 3.8) is 0 Å². The molecule has 118 valence electrons. The van der Waals surface area contributed by atoms with Crippen LogP contribution in [0.25, 0.3) is 0 Å². The first-order chi connectivity index (χ1) is 10.1. The van der Waals surface area contributed by atoms with Gasteiger partial charge in [0, 0.05) is 37.0 Å². The fourth-order valence-corrected chi connectivity index (χ4v) is 3.67. The number of aryl methyl sites for hydroxylation is 2. The number of aliphatic hydroxyl groups excluding tert-OH is 1. The first-order valence-electron chi connectivity index (χ1n) is 7.70. The third kappa shape index (κ3) is 4.41. The highest BCUT2D eigenvalue weighted by Crippen LogP contribution is 2.20. The molecule has 1 aliphatic rings. The summed E-state index contributed by atoms with van der Waals surface area (Å²) in [4.78, 5) is 19.9. The molecule has 2 heterocycles. The smallest absolute Gasteiger partial charge is 0.317 e. The van der Waals surface area contributed by atoms with Gasteiger partial charge in [-0.3, -0.25) is 0 Å². The first kappa shape index (κ1) is 16.2. The lowest BCUT2D eigenvalue weighted by molar-refractivity contribution is 0.132. The number of hydrogen-bond acceptors (Lipinski definition) is 4. The number of thiazole rings is 1. The van der Waals surface area contributed by atoms with E-state index >= 15 is 0 Å². The Labute approximate surface area is 130 Å². The molecule has 1 saturated heterocycles. The van der Waals surface area contributed by atoms with Gasteiger partial charge in [-0.25, -0.2) is 9.78 Å².